The molecular weight excluding hydrogens is 382 g/mol. The lowest BCUT2D eigenvalue weighted by atomic mass is 10.0. The van der Waals surface area contributed by atoms with E-state index in [1.807, 2.05) is 37.6 Å². The van der Waals surface area contributed by atoms with Gasteiger partial charge in [0.15, 0.2) is 5.69 Å². The average Bonchev–Trinajstić information content (AvgIpc) is 3.05. The zero-order chi connectivity index (χ0) is 22.1. The Bertz CT molecular complexity index is 942. The molecule has 1 atom stereocenters. The number of nitrogens with zero attached hydrogens (tertiary/aromatic N) is 3. The van der Waals surface area contributed by atoms with Crippen LogP contribution in [0.4, 0.5) is 4.79 Å². The minimum absolute atomic E-state index is 0.0452. The molecule has 0 N–H and O–H groups in total. The molecule has 7 heteroatoms. The monoisotopic (exact) mass is 413 g/mol. The Balaban J connectivity index is 1.99. The highest BCUT2D eigenvalue weighted by molar-refractivity contribution is 5.89. The lowest BCUT2D eigenvalue weighted by Gasteiger charge is -2.31. The van der Waals surface area contributed by atoms with Crippen LogP contribution in [0.5, 0.6) is 0 Å². The van der Waals surface area contributed by atoms with Gasteiger partial charge in [-0.1, -0.05) is 24.3 Å². The first kappa shape index (κ1) is 21.9. The zero-order valence-corrected chi connectivity index (χ0v) is 18.7. The van der Waals surface area contributed by atoms with Crippen LogP contribution in [-0.2, 0) is 22.4 Å². The maximum Gasteiger partial charge on any atom is 0.410 e. The first-order valence-electron chi connectivity index (χ1n) is 10.4. The van der Waals surface area contributed by atoms with Gasteiger partial charge in [-0.05, 0) is 52.7 Å². The highest BCUT2D eigenvalue weighted by Gasteiger charge is 2.33. The number of esters is 1. The van der Waals surface area contributed by atoms with Crippen molar-refractivity contribution in [3.63, 3.8) is 0 Å². The van der Waals surface area contributed by atoms with Crippen LogP contribution >= 0.6 is 0 Å². The minimum atomic E-state index is -0.579. The lowest BCUT2D eigenvalue weighted by Crippen LogP contribution is -2.40. The van der Waals surface area contributed by atoms with Crippen LogP contribution in [-0.4, -0.2) is 45.5 Å². The molecule has 2 aromatic rings. The summed E-state index contributed by atoms with van der Waals surface area (Å²) in [4.78, 5) is 26.9. The molecule has 0 aliphatic carbocycles. The topological polar surface area (TPSA) is 73.7 Å². The summed E-state index contributed by atoms with van der Waals surface area (Å²) in [5.41, 5.74) is 3.72. The fraction of sp³-hybridized carbons (Fsp3) is 0.522. The minimum Gasteiger partial charge on any atom is -0.461 e. The third-order valence-corrected chi connectivity index (χ3v) is 5.21. The third kappa shape index (κ3) is 4.50. The third-order valence-electron chi connectivity index (χ3n) is 5.21. The number of aromatic nitrogens is 2. The maximum absolute atomic E-state index is 12.6. The zero-order valence-electron chi connectivity index (χ0n) is 18.7. The Labute approximate surface area is 178 Å². The van der Waals surface area contributed by atoms with Gasteiger partial charge in [-0.3, -0.25) is 4.68 Å². The molecule has 1 unspecified atom stereocenters. The van der Waals surface area contributed by atoms with E-state index >= 15 is 0 Å². The quantitative estimate of drug-likeness (QED) is 0.700. The first-order chi connectivity index (χ1) is 14.1. The van der Waals surface area contributed by atoms with Crippen molar-refractivity contribution in [3.8, 4) is 0 Å². The van der Waals surface area contributed by atoms with E-state index < -0.39 is 11.6 Å². The van der Waals surface area contributed by atoms with Gasteiger partial charge < -0.3 is 14.4 Å². The maximum atomic E-state index is 12.6. The number of hydrogen-bond donors (Lipinski definition) is 0. The van der Waals surface area contributed by atoms with Crippen molar-refractivity contribution >= 4 is 12.1 Å². The number of aryl methyl sites for hydroxylation is 1. The molecule has 3 rings (SSSR count). The molecular formula is C23H31N3O4. The van der Waals surface area contributed by atoms with Gasteiger partial charge in [0.1, 0.15) is 5.60 Å². The fourth-order valence-electron chi connectivity index (χ4n) is 3.80. The number of fused-ring (bicyclic) bond motifs is 1. The summed E-state index contributed by atoms with van der Waals surface area (Å²) >= 11 is 0. The largest absolute Gasteiger partial charge is 0.461 e. The van der Waals surface area contributed by atoms with Crippen LogP contribution in [0.25, 0.3) is 0 Å². The summed E-state index contributed by atoms with van der Waals surface area (Å²) in [5.74, 6) is -0.462. The molecule has 1 aromatic carbocycles. The number of carbonyl (C=O) groups excluding carboxylic acids is 2. The van der Waals surface area contributed by atoms with Gasteiger partial charge in [-0.15, -0.1) is 0 Å². The molecule has 0 spiro atoms. The van der Waals surface area contributed by atoms with E-state index in [2.05, 4.69) is 31.1 Å². The molecule has 7 nitrogen and oxygen atoms in total. The predicted molar refractivity (Wildman–Crippen MR) is 114 cm³/mol. The number of carbonyl (C=O) groups is 2. The van der Waals surface area contributed by atoms with Gasteiger partial charge in [0, 0.05) is 24.2 Å². The average molecular weight is 414 g/mol. The molecule has 0 saturated carbocycles. The first-order valence-corrected chi connectivity index (χ1v) is 10.4. The van der Waals surface area contributed by atoms with Crippen LogP contribution < -0.4 is 0 Å². The molecule has 0 saturated heterocycles. The molecule has 2 heterocycles. The second kappa shape index (κ2) is 8.50. The van der Waals surface area contributed by atoms with Crippen LogP contribution in [0.2, 0.25) is 0 Å². The smallest absolute Gasteiger partial charge is 0.410 e. The molecule has 0 bridgehead atoms. The normalized spacial score (nSPS) is 14.8. The van der Waals surface area contributed by atoms with E-state index in [1.54, 1.807) is 11.8 Å². The number of benzene rings is 1. The molecule has 1 aliphatic rings. The van der Waals surface area contributed by atoms with Gasteiger partial charge in [0.25, 0.3) is 0 Å². The SMILES string of the molecule is CCOC(=O)c1nn(C(C)c2ccccc2C)c2c1CN(C(=O)OC(C)(C)C)CC2. The van der Waals surface area contributed by atoms with Crippen LogP contribution in [0.3, 0.4) is 0 Å². The number of rotatable bonds is 4. The molecule has 1 aliphatic heterocycles. The van der Waals surface area contributed by atoms with Crippen LogP contribution in [0.15, 0.2) is 24.3 Å². The Hall–Kier alpha value is -2.83. The predicted octanol–water partition coefficient (Wildman–Crippen LogP) is 4.27. The van der Waals surface area contributed by atoms with E-state index in [1.165, 1.54) is 0 Å². The van der Waals surface area contributed by atoms with Gasteiger partial charge in [0.05, 0.1) is 19.2 Å². The van der Waals surface area contributed by atoms with E-state index in [0.29, 0.717) is 13.0 Å². The molecule has 1 amide bonds. The summed E-state index contributed by atoms with van der Waals surface area (Å²) in [5, 5.41) is 4.66. The fourth-order valence-corrected chi connectivity index (χ4v) is 3.80. The van der Waals surface area contributed by atoms with Crippen molar-refractivity contribution in [2.24, 2.45) is 0 Å². The number of hydrogen-bond acceptors (Lipinski definition) is 5. The van der Waals surface area contributed by atoms with Crippen molar-refractivity contribution < 1.29 is 19.1 Å². The van der Waals surface area contributed by atoms with E-state index in [9.17, 15) is 9.59 Å². The van der Waals surface area contributed by atoms with Crippen molar-refractivity contribution in [3.05, 3.63) is 52.3 Å². The van der Waals surface area contributed by atoms with Gasteiger partial charge in [-0.2, -0.15) is 5.10 Å². The standard InChI is InChI=1S/C23H31N3O4/c1-7-29-21(27)20-18-14-25(22(28)30-23(4,5)6)13-12-19(18)26(24-20)16(3)17-11-9-8-10-15(17)2/h8-11,16H,7,12-14H2,1-6H3. The Morgan fingerprint density at radius 3 is 2.57 bits per heavy atom. The molecule has 0 radical (unpaired) electrons. The summed E-state index contributed by atoms with van der Waals surface area (Å²) in [6.07, 6.45) is 0.208. The van der Waals surface area contributed by atoms with E-state index in [-0.39, 0.29) is 31.0 Å². The van der Waals surface area contributed by atoms with E-state index in [4.69, 9.17) is 9.47 Å². The Morgan fingerprint density at radius 2 is 1.93 bits per heavy atom. The lowest BCUT2D eigenvalue weighted by molar-refractivity contribution is 0.0219. The molecule has 1 aromatic heterocycles. The summed E-state index contributed by atoms with van der Waals surface area (Å²) in [6.45, 7) is 12.5. The molecule has 0 fully saturated rings. The van der Waals surface area contributed by atoms with Gasteiger partial charge in [-0.25, -0.2) is 9.59 Å². The van der Waals surface area contributed by atoms with Gasteiger partial charge in [0.2, 0.25) is 0 Å². The summed E-state index contributed by atoms with van der Waals surface area (Å²) < 4.78 is 12.7. The van der Waals surface area contributed by atoms with Crippen molar-refractivity contribution in [1.82, 2.24) is 14.7 Å². The molecule has 162 valence electrons. The Kier molecular flexibility index (Phi) is 6.19. The second-order valence-corrected chi connectivity index (χ2v) is 8.62. The highest BCUT2D eigenvalue weighted by Crippen LogP contribution is 2.30. The van der Waals surface area contributed by atoms with E-state index in [0.717, 1.165) is 22.4 Å². The van der Waals surface area contributed by atoms with Crippen LogP contribution in [0.1, 0.15) is 73.5 Å². The summed E-state index contributed by atoms with van der Waals surface area (Å²) in [7, 11) is 0. The number of ether oxygens (including phenoxy) is 2. The number of amides is 1. The Morgan fingerprint density at radius 1 is 1.23 bits per heavy atom. The second-order valence-electron chi connectivity index (χ2n) is 8.62. The molecule has 30 heavy (non-hydrogen) atoms. The van der Waals surface area contributed by atoms with Crippen molar-refractivity contribution in [1.29, 1.82) is 0 Å². The summed E-state index contributed by atoms with van der Waals surface area (Å²) in [6, 6.07) is 8.11. The van der Waals surface area contributed by atoms with Crippen molar-refractivity contribution in [2.75, 3.05) is 13.2 Å². The van der Waals surface area contributed by atoms with Crippen LogP contribution in [0, 0.1) is 6.92 Å². The van der Waals surface area contributed by atoms with Gasteiger partial charge >= 0.3 is 12.1 Å². The highest BCUT2D eigenvalue weighted by atomic mass is 16.6. The van der Waals surface area contributed by atoms with Crippen molar-refractivity contribution in [2.45, 2.75) is 66.2 Å².